The Bertz CT molecular complexity index is 662. The normalized spacial score (nSPS) is 10.5. The third-order valence-electron chi connectivity index (χ3n) is 2.99. The SMILES string of the molecule is CCn1ccnc(Oc2cc(C)c(N)cc2C)c1=O. The third kappa shape index (κ3) is 2.59. The standard InChI is InChI=1S/C14H17N3O2/c1-4-17-6-5-16-13(14(17)18)19-12-8-9(2)11(15)7-10(12)3/h5-8H,4,15H2,1-3H3. The van der Waals surface area contributed by atoms with Crippen LogP contribution in [0.15, 0.2) is 29.3 Å². The molecule has 100 valence electrons. The van der Waals surface area contributed by atoms with Crippen molar-refractivity contribution in [1.82, 2.24) is 9.55 Å². The smallest absolute Gasteiger partial charge is 0.313 e. The van der Waals surface area contributed by atoms with E-state index < -0.39 is 0 Å². The summed E-state index contributed by atoms with van der Waals surface area (Å²) in [5.41, 5.74) is 8.07. The van der Waals surface area contributed by atoms with Gasteiger partial charge in [0.25, 0.3) is 5.88 Å². The molecule has 5 heteroatoms. The number of aromatic nitrogens is 2. The zero-order chi connectivity index (χ0) is 14.0. The Labute approximate surface area is 111 Å². The topological polar surface area (TPSA) is 70.1 Å². The maximum Gasteiger partial charge on any atom is 0.313 e. The molecule has 0 saturated carbocycles. The first-order valence-corrected chi connectivity index (χ1v) is 6.13. The molecule has 0 aliphatic rings. The van der Waals surface area contributed by atoms with Crippen LogP contribution in [0.4, 0.5) is 5.69 Å². The second-order valence-corrected chi connectivity index (χ2v) is 4.40. The van der Waals surface area contributed by atoms with Crippen molar-refractivity contribution >= 4 is 5.69 Å². The zero-order valence-corrected chi connectivity index (χ0v) is 11.3. The van der Waals surface area contributed by atoms with Gasteiger partial charge < -0.3 is 15.0 Å². The number of hydrogen-bond acceptors (Lipinski definition) is 4. The number of nitrogens with two attached hydrogens (primary N) is 1. The van der Waals surface area contributed by atoms with Gasteiger partial charge in [-0.15, -0.1) is 0 Å². The molecule has 2 rings (SSSR count). The van der Waals surface area contributed by atoms with Gasteiger partial charge in [-0.3, -0.25) is 4.79 Å². The van der Waals surface area contributed by atoms with E-state index in [2.05, 4.69) is 4.98 Å². The molecule has 19 heavy (non-hydrogen) atoms. The lowest BCUT2D eigenvalue weighted by Crippen LogP contribution is -2.20. The summed E-state index contributed by atoms with van der Waals surface area (Å²) in [5.74, 6) is 0.682. The van der Waals surface area contributed by atoms with E-state index in [4.69, 9.17) is 10.5 Å². The Morgan fingerprint density at radius 3 is 2.74 bits per heavy atom. The molecule has 1 aromatic carbocycles. The fourth-order valence-electron chi connectivity index (χ4n) is 1.77. The van der Waals surface area contributed by atoms with E-state index in [9.17, 15) is 4.79 Å². The van der Waals surface area contributed by atoms with Gasteiger partial charge in [-0.05, 0) is 44.0 Å². The predicted molar refractivity (Wildman–Crippen MR) is 74.6 cm³/mol. The number of anilines is 1. The fourth-order valence-corrected chi connectivity index (χ4v) is 1.77. The van der Waals surface area contributed by atoms with E-state index in [1.165, 1.54) is 0 Å². The second kappa shape index (κ2) is 5.14. The minimum Gasteiger partial charge on any atom is -0.434 e. The van der Waals surface area contributed by atoms with Gasteiger partial charge in [0, 0.05) is 24.6 Å². The Balaban J connectivity index is 2.42. The number of hydrogen-bond donors (Lipinski definition) is 1. The van der Waals surface area contributed by atoms with Gasteiger partial charge in [0.05, 0.1) is 0 Å². The molecule has 0 spiro atoms. The molecule has 0 saturated heterocycles. The average Bonchev–Trinajstić information content (AvgIpc) is 2.38. The highest BCUT2D eigenvalue weighted by Gasteiger charge is 2.09. The summed E-state index contributed by atoms with van der Waals surface area (Å²) in [6.45, 7) is 6.25. The Morgan fingerprint density at radius 1 is 1.32 bits per heavy atom. The monoisotopic (exact) mass is 259 g/mol. The first-order valence-electron chi connectivity index (χ1n) is 6.13. The Hall–Kier alpha value is -2.30. The molecule has 2 aromatic rings. The van der Waals surface area contributed by atoms with Crippen molar-refractivity contribution in [2.75, 3.05) is 5.73 Å². The van der Waals surface area contributed by atoms with Crippen LogP contribution in [-0.4, -0.2) is 9.55 Å². The quantitative estimate of drug-likeness (QED) is 0.858. The van der Waals surface area contributed by atoms with Crippen LogP contribution in [-0.2, 0) is 6.54 Å². The number of nitrogen functional groups attached to an aromatic ring is 1. The fraction of sp³-hybridized carbons (Fsp3) is 0.286. The molecule has 0 amide bonds. The number of ether oxygens (including phenoxy) is 1. The highest BCUT2D eigenvalue weighted by Crippen LogP contribution is 2.26. The molecular weight excluding hydrogens is 242 g/mol. The van der Waals surface area contributed by atoms with E-state index >= 15 is 0 Å². The predicted octanol–water partition coefficient (Wildman–Crippen LogP) is 2.25. The van der Waals surface area contributed by atoms with Crippen LogP contribution in [0.1, 0.15) is 18.1 Å². The van der Waals surface area contributed by atoms with Crippen molar-refractivity contribution in [3.8, 4) is 11.6 Å². The molecular formula is C14H17N3O2. The molecule has 2 N–H and O–H groups in total. The summed E-state index contributed by atoms with van der Waals surface area (Å²) in [6, 6.07) is 3.64. The van der Waals surface area contributed by atoms with Gasteiger partial charge >= 0.3 is 5.56 Å². The van der Waals surface area contributed by atoms with Gasteiger partial charge in [-0.2, -0.15) is 0 Å². The highest BCUT2D eigenvalue weighted by molar-refractivity contribution is 5.54. The number of nitrogens with zero attached hydrogens (tertiary/aromatic N) is 2. The van der Waals surface area contributed by atoms with Gasteiger partial charge in [0.15, 0.2) is 0 Å². The summed E-state index contributed by atoms with van der Waals surface area (Å²) in [7, 11) is 0. The first-order chi connectivity index (χ1) is 9.02. The van der Waals surface area contributed by atoms with Crippen LogP contribution in [0.5, 0.6) is 11.6 Å². The molecule has 1 heterocycles. The number of aryl methyl sites for hydroxylation is 3. The number of rotatable bonds is 3. The molecule has 0 fully saturated rings. The maximum atomic E-state index is 12.0. The minimum absolute atomic E-state index is 0.0802. The van der Waals surface area contributed by atoms with Crippen LogP contribution < -0.4 is 16.0 Å². The highest BCUT2D eigenvalue weighted by atomic mass is 16.5. The Kier molecular flexibility index (Phi) is 3.55. The second-order valence-electron chi connectivity index (χ2n) is 4.40. The van der Waals surface area contributed by atoms with Gasteiger partial charge in [0.2, 0.25) is 0 Å². The molecule has 0 radical (unpaired) electrons. The van der Waals surface area contributed by atoms with Crippen LogP contribution in [0, 0.1) is 13.8 Å². The van der Waals surface area contributed by atoms with Gasteiger partial charge in [-0.1, -0.05) is 0 Å². The molecule has 0 unspecified atom stereocenters. The van der Waals surface area contributed by atoms with E-state index in [0.29, 0.717) is 18.0 Å². The first kappa shape index (κ1) is 13.1. The summed E-state index contributed by atoms with van der Waals surface area (Å²) in [6.07, 6.45) is 3.19. The average molecular weight is 259 g/mol. The summed E-state index contributed by atoms with van der Waals surface area (Å²) in [4.78, 5) is 16.0. The lowest BCUT2D eigenvalue weighted by atomic mass is 10.1. The maximum absolute atomic E-state index is 12.0. The summed E-state index contributed by atoms with van der Waals surface area (Å²) in [5, 5.41) is 0. The van der Waals surface area contributed by atoms with Crippen molar-refractivity contribution in [3.05, 3.63) is 46.0 Å². The summed E-state index contributed by atoms with van der Waals surface area (Å²) < 4.78 is 7.16. The molecule has 1 aromatic heterocycles. The molecule has 5 nitrogen and oxygen atoms in total. The molecule has 0 atom stereocenters. The van der Waals surface area contributed by atoms with Gasteiger partial charge in [-0.25, -0.2) is 4.98 Å². The van der Waals surface area contributed by atoms with Crippen molar-refractivity contribution in [2.24, 2.45) is 0 Å². The largest absolute Gasteiger partial charge is 0.434 e. The van der Waals surface area contributed by atoms with Crippen LogP contribution >= 0.6 is 0 Å². The van der Waals surface area contributed by atoms with Crippen LogP contribution in [0.25, 0.3) is 0 Å². The van der Waals surface area contributed by atoms with Gasteiger partial charge in [0.1, 0.15) is 5.75 Å². The van der Waals surface area contributed by atoms with E-state index in [-0.39, 0.29) is 11.4 Å². The van der Waals surface area contributed by atoms with E-state index in [0.717, 1.165) is 11.1 Å². The van der Waals surface area contributed by atoms with Crippen LogP contribution in [0.3, 0.4) is 0 Å². The van der Waals surface area contributed by atoms with Crippen molar-refractivity contribution in [1.29, 1.82) is 0 Å². The number of benzene rings is 1. The third-order valence-corrected chi connectivity index (χ3v) is 2.99. The lowest BCUT2D eigenvalue weighted by molar-refractivity contribution is 0.442. The lowest BCUT2D eigenvalue weighted by Gasteiger charge is -2.11. The van der Waals surface area contributed by atoms with Crippen molar-refractivity contribution < 1.29 is 4.74 Å². The zero-order valence-electron chi connectivity index (χ0n) is 11.3. The Morgan fingerprint density at radius 2 is 2.05 bits per heavy atom. The van der Waals surface area contributed by atoms with E-state index in [1.54, 1.807) is 17.0 Å². The molecule has 0 bridgehead atoms. The molecule has 0 aliphatic heterocycles. The van der Waals surface area contributed by atoms with Crippen molar-refractivity contribution in [2.45, 2.75) is 27.3 Å². The minimum atomic E-state index is -0.237. The van der Waals surface area contributed by atoms with E-state index in [1.807, 2.05) is 32.9 Å². The summed E-state index contributed by atoms with van der Waals surface area (Å²) >= 11 is 0. The van der Waals surface area contributed by atoms with Crippen LogP contribution in [0.2, 0.25) is 0 Å². The molecule has 0 aliphatic carbocycles. The van der Waals surface area contributed by atoms with Crippen molar-refractivity contribution in [3.63, 3.8) is 0 Å².